The maximum absolute atomic E-state index is 14.1. The van der Waals surface area contributed by atoms with Crippen molar-refractivity contribution in [2.75, 3.05) is 10.8 Å². The average molecular weight is 479 g/mol. The minimum Gasteiger partial charge on any atom is -0.489 e. The molecule has 0 amide bonds. The van der Waals surface area contributed by atoms with Crippen LogP contribution in [0.15, 0.2) is 65.6 Å². The number of benzene rings is 3. The maximum atomic E-state index is 14.1. The summed E-state index contributed by atoms with van der Waals surface area (Å²) in [4.78, 5) is 0.155. The lowest BCUT2D eigenvalue weighted by Crippen LogP contribution is -2.35. The van der Waals surface area contributed by atoms with E-state index in [4.69, 9.17) is 4.74 Å². The fourth-order valence-corrected chi connectivity index (χ4v) is 5.53. The lowest BCUT2D eigenvalue weighted by atomic mass is 10.0. The van der Waals surface area contributed by atoms with Crippen LogP contribution in [0.2, 0.25) is 0 Å². The molecule has 0 aliphatic carbocycles. The maximum Gasteiger partial charge on any atom is 0.416 e. The molecule has 0 fully saturated rings. The molecule has 0 atom stereocenters. The molecule has 0 saturated carbocycles. The smallest absolute Gasteiger partial charge is 0.416 e. The molecule has 0 radical (unpaired) electrons. The van der Waals surface area contributed by atoms with E-state index in [1.165, 1.54) is 16.4 Å². The molecule has 3 aromatic carbocycles. The number of hydrogen-bond donors (Lipinski definition) is 0. The molecule has 0 spiro atoms. The van der Waals surface area contributed by atoms with Crippen molar-refractivity contribution in [3.8, 4) is 5.75 Å². The first kappa shape index (κ1) is 23.1. The van der Waals surface area contributed by atoms with Crippen molar-refractivity contribution in [1.29, 1.82) is 0 Å². The average Bonchev–Trinajstić information content (AvgIpc) is 2.77. The Morgan fingerprint density at radius 1 is 1.03 bits per heavy atom. The van der Waals surface area contributed by atoms with E-state index in [-0.39, 0.29) is 17.2 Å². The van der Waals surface area contributed by atoms with Crippen LogP contribution in [-0.4, -0.2) is 15.0 Å². The van der Waals surface area contributed by atoms with E-state index in [0.29, 0.717) is 18.5 Å². The van der Waals surface area contributed by atoms with Gasteiger partial charge >= 0.3 is 6.18 Å². The van der Waals surface area contributed by atoms with Gasteiger partial charge in [-0.1, -0.05) is 24.3 Å². The molecule has 3 aromatic rings. The summed E-state index contributed by atoms with van der Waals surface area (Å²) < 4.78 is 87.3. The normalized spacial score (nSPS) is 14.2. The zero-order valence-corrected chi connectivity index (χ0v) is 18.5. The number of anilines is 1. The van der Waals surface area contributed by atoms with Crippen LogP contribution in [0.1, 0.15) is 28.7 Å². The molecule has 0 saturated heterocycles. The molecule has 4 rings (SSSR count). The summed E-state index contributed by atoms with van der Waals surface area (Å²) >= 11 is 0. The summed E-state index contributed by atoms with van der Waals surface area (Å²) in [7, 11) is -3.85. The Morgan fingerprint density at radius 3 is 2.52 bits per heavy atom. The molecule has 174 valence electrons. The van der Waals surface area contributed by atoms with Gasteiger partial charge in [0.2, 0.25) is 0 Å². The highest BCUT2D eigenvalue weighted by molar-refractivity contribution is 7.92. The molecule has 1 aliphatic heterocycles. The van der Waals surface area contributed by atoms with Crippen molar-refractivity contribution in [2.45, 2.75) is 37.4 Å². The van der Waals surface area contributed by atoms with Crippen molar-refractivity contribution in [3.05, 3.63) is 88.7 Å². The highest BCUT2D eigenvalue weighted by atomic mass is 32.2. The van der Waals surface area contributed by atoms with Gasteiger partial charge in [-0.25, -0.2) is 12.8 Å². The Hall–Kier alpha value is -3.07. The number of hydrogen-bond acceptors (Lipinski definition) is 3. The van der Waals surface area contributed by atoms with Crippen molar-refractivity contribution < 1.29 is 30.7 Å². The largest absolute Gasteiger partial charge is 0.489 e. The van der Waals surface area contributed by atoms with E-state index >= 15 is 0 Å². The molecule has 1 heterocycles. The van der Waals surface area contributed by atoms with Crippen molar-refractivity contribution in [2.24, 2.45) is 0 Å². The lowest BCUT2D eigenvalue weighted by molar-refractivity contribution is -0.138. The van der Waals surface area contributed by atoms with E-state index in [1.54, 1.807) is 37.3 Å². The van der Waals surface area contributed by atoms with Gasteiger partial charge in [-0.3, -0.25) is 4.31 Å². The second-order valence-electron chi connectivity index (χ2n) is 7.84. The van der Waals surface area contributed by atoms with Gasteiger partial charge in [-0.15, -0.1) is 0 Å². The first-order valence-corrected chi connectivity index (χ1v) is 11.7. The Bertz CT molecular complexity index is 1290. The minimum absolute atomic E-state index is 0.150. The molecule has 0 bridgehead atoms. The van der Waals surface area contributed by atoms with Gasteiger partial charge in [0, 0.05) is 18.2 Å². The first-order valence-electron chi connectivity index (χ1n) is 10.3. The Balaban J connectivity index is 1.65. The summed E-state index contributed by atoms with van der Waals surface area (Å²) in [5.41, 5.74) is 0.281. The van der Waals surface area contributed by atoms with Crippen LogP contribution in [0.3, 0.4) is 0 Å². The van der Waals surface area contributed by atoms with Crippen LogP contribution >= 0.6 is 0 Å². The SMILES string of the molecule is Cc1cccc(S(=O)(=O)N2CCCc3ccc(OCc4c(F)cccc4C(F)(F)F)cc32)c1. The lowest BCUT2D eigenvalue weighted by Gasteiger charge is -2.31. The van der Waals surface area contributed by atoms with E-state index in [0.717, 1.165) is 29.3 Å². The molecule has 4 nitrogen and oxygen atoms in total. The number of sulfonamides is 1. The standard InChI is InChI=1S/C24H21F4NO3S/c1-16-5-2-7-19(13-16)33(30,31)29-12-4-6-17-10-11-18(14-23(17)29)32-15-20-21(24(26,27)28)8-3-9-22(20)25/h2-3,5,7-11,13-14H,4,6,12,15H2,1H3. The second-order valence-corrected chi connectivity index (χ2v) is 9.70. The number of rotatable bonds is 5. The minimum atomic E-state index is -4.73. The second kappa shape index (κ2) is 8.70. The summed E-state index contributed by atoms with van der Waals surface area (Å²) in [6, 6.07) is 14.0. The number of nitrogens with zero attached hydrogens (tertiary/aromatic N) is 1. The van der Waals surface area contributed by atoms with Crippen LogP contribution in [-0.2, 0) is 29.2 Å². The van der Waals surface area contributed by atoms with Gasteiger partial charge in [-0.2, -0.15) is 13.2 Å². The fraction of sp³-hybridized carbons (Fsp3) is 0.250. The van der Waals surface area contributed by atoms with Crippen LogP contribution in [0.4, 0.5) is 23.2 Å². The number of aryl methyl sites for hydroxylation is 2. The molecule has 33 heavy (non-hydrogen) atoms. The number of alkyl halides is 3. The van der Waals surface area contributed by atoms with Gasteiger partial charge in [0.05, 0.1) is 16.1 Å². The topological polar surface area (TPSA) is 46.6 Å². The zero-order valence-electron chi connectivity index (χ0n) is 17.7. The predicted molar refractivity (Wildman–Crippen MR) is 116 cm³/mol. The van der Waals surface area contributed by atoms with Gasteiger partial charge in [0.15, 0.2) is 0 Å². The van der Waals surface area contributed by atoms with Crippen molar-refractivity contribution >= 4 is 15.7 Å². The Kier molecular flexibility index (Phi) is 6.09. The van der Waals surface area contributed by atoms with E-state index in [2.05, 4.69) is 0 Å². The number of ether oxygens (including phenoxy) is 1. The summed E-state index contributed by atoms with van der Waals surface area (Å²) in [6.07, 6.45) is -3.45. The van der Waals surface area contributed by atoms with Crippen molar-refractivity contribution in [3.63, 3.8) is 0 Å². The molecule has 0 N–H and O–H groups in total. The van der Waals surface area contributed by atoms with Crippen LogP contribution in [0.25, 0.3) is 0 Å². The molecule has 0 aromatic heterocycles. The molecule has 1 aliphatic rings. The Labute approximate surface area is 189 Å². The summed E-state index contributed by atoms with van der Waals surface area (Å²) in [5, 5.41) is 0. The number of halogens is 4. The zero-order chi connectivity index (χ0) is 23.8. The molecular weight excluding hydrogens is 458 g/mol. The van der Waals surface area contributed by atoms with Crippen molar-refractivity contribution in [1.82, 2.24) is 0 Å². The highest BCUT2D eigenvalue weighted by Crippen LogP contribution is 2.36. The summed E-state index contributed by atoms with van der Waals surface area (Å²) in [6.45, 7) is 1.41. The third-order valence-corrected chi connectivity index (χ3v) is 7.33. The van der Waals surface area contributed by atoms with Gasteiger partial charge < -0.3 is 4.74 Å². The quantitative estimate of drug-likeness (QED) is 0.430. The van der Waals surface area contributed by atoms with Gasteiger partial charge in [0.1, 0.15) is 18.2 Å². The van der Waals surface area contributed by atoms with E-state index in [9.17, 15) is 26.0 Å². The van der Waals surface area contributed by atoms with Crippen LogP contribution in [0.5, 0.6) is 5.75 Å². The molecular formula is C24H21F4NO3S. The fourth-order valence-electron chi connectivity index (χ4n) is 3.89. The monoisotopic (exact) mass is 479 g/mol. The molecule has 9 heteroatoms. The van der Waals surface area contributed by atoms with E-state index in [1.807, 2.05) is 0 Å². The van der Waals surface area contributed by atoms with Crippen LogP contribution in [0, 0.1) is 12.7 Å². The first-order chi connectivity index (χ1) is 15.6. The Morgan fingerprint density at radius 2 is 1.79 bits per heavy atom. The third-order valence-electron chi connectivity index (χ3n) is 5.52. The summed E-state index contributed by atoms with van der Waals surface area (Å²) in [5.74, 6) is -0.872. The van der Waals surface area contributed by atoms with Crippen LogP contribution < -0.4 is 9.04 Å². The van der Waals surface area contributed by atoms with Gasteiger partial charge in [-0.05, 0) is 61.2 Å². The van der Waals surface area contributed by atoms with E-state index < -0.39 is 39.8 Å². The molecule has 0 unspecified atom stereocenters. The predicted octanol–water partition coefficient (Wildman–Crippen LogP) is 5.87. The number of fused-ring (bicyclic) bond motifs is 1. The highest BCUT2D eigenvalue weighted by Gasteiger charge is 2.35. The van der Waals surface area contributed by atoms with Gasteiger partial charge in [0.25, 0.3) is 10.0 Å². The third kappa shape index (κ3) is 4.68.